The van der Waals surface area contributed by atoms with Crippen molar-refractivity contribution in [2.24, 2.45) is 0 Å². The zero-order valence-corrected chi connectivity index (χ0v) is 23.4. The van der Waals surface area contributed by atoms with Gasteiger partial charge in [0.2, 0.25) is 0 Å². The molecule has 0 aromatic heterocycles. The second-order valence-electron chi connectivity index (χ2n) is 11.3. The molecule has 2 aliphatic carbocycles. The Morgan fingerprint density at radius 3 is 2.29 bits per heavy atom. The molecule has 2 aliphatic rings. The van der Waals surface area contributed by atoms with Crippen LogP contribution in [0.4, 0.5) is 0 Å². The van der Waals surface area contributed by atoms with E-state index < -0.39 is 15.2 Å². The maximum absolute atomic E-state index is 2.68. The van der Waals surface area contributed by atoms with Crippen LogP contribution in [-0.2, 0) is 0 Å². The molecule has 0 saturated heterocycles. The Balaban J connectivity index is 1.51. The number of hydrogen-bond donors (Lipinski definition) is 0. The van der Waals surface area contributed by atoms with Crippen molar-refractivity contribution in [3.8, 4) is 11.1 Å². The van der Waals surface area contributed by atoms with E-state index in [1.807, 2.05) is 0 Å². The molecule has 0 radical (unpaired) electrons. The molecule has 174 valence electrons. The number of allylic oxidation sites excluding steroid dienone is 5. The molecule has 0 N–H and O–H groups in total. The van der Waals surface area contributed by atoms with Crippen LogP contribution < -0.4 is 0 Å². The van der Waals surface area contributed by atoms with E-state index in [0.29, 0.717) is 11.1 Å². The number of rotatable bonds is 7. The molecular weight excluding hydrogens is 441 g/mol. The highest BCUT2D eigenvalue weighted by molar-refractivity contribution is 7.42. The highest BCUT2D eigenvalue weighted by atomic mass is 29.3. The molecule has 3 aromatic carbocycles. The van der Waals surface area contributed by atoms with Gasteiger partial charge >= 0.3 is 0 Å². The third-order valence-corrected chi connectivity index (χ3v) is 28.3. The third kappa shape index (κ3) is 3.81. The number of fused-ring (bicyclic) bond motifs is 2. The largest absolute Gasteiger partial charge is 0.0803 e. The fourth-order valence-electron chi connectivity index (χ4n) is 6.06. The first kappa shape index (κ1) is 23.3. The molecular formula is C32H38Si2. The average molecular weight is 479 g/mol. The molecule has 0 amide bonds. The van der Waals surface area contributed by atoms with Crippen LogP contribution in [0.25, 0.3) is 28.0 Å². The number of benzene rings is 3. The first-order valence-electron chi connectivity index (χ1n) is 13.0. The van der Waals surface area contributed by atoms with Crippen LogP contribution in [0.1, 0.15) is 42.9 Å². The molecule has 0 fully saturated rings. The molecule has 34 heavy (non-hydrogen) atoms. The van der Waals surface area contributed by atoms with Crippen LogP contribution in [0.3, 0.4) is 0 Å². The predicted molar refractivity (Wildman–Crippen MR) is 157 cm³/mol. The van der Waals surface area contributed by atoms with Gasteiger partial charge in [0.25, 0.3) is 0 Å². The van der Waals surface area contributed by atoms with Crippen molar-refractivity contribution < 1.29 is 0 Å². The lowest BCUT2D eigenvalue weighted by molar-refractivity contribution is 0.798. The summed E-state index contributed by atoms with van der Waals surface area (Å²) in [6.07, 6.45) is 16.5. The van der Waals surface area contributed by atoms with E-state index in [0.717, 1.165) is 0 Å². The van der Waals surface area contributed by atoms with E-state index in [1.54, 1.807) is 11.1 Å². The summed E-state index contributed by atoms with van der Waals surface area (Å²) in [5, 5.41) is 2.67. The highest BCUT2D eigenvalue weighted by Gasteiger charge is 2.50. The van der Waals surface area contributed by atoms with Gasteiger partial charge in [0, 0.05) is 0 Å². The molecule has 0 saturated carbocycles. The Morgan fingerprint density at radius 2 is 1.47 bits per heavy atom. The van der Waals surface area contributed by atoms with Crippen molar-refractivity contribution in [2.45, 2.75) is 63.5 Å². The molecule has 2 heteroatoms. The first-order valence-corrected chi connectivity index (χ1v) is 20.2. The van der Waals surface area contributed by atoms with E-state index in [1.165, 1.54) is 46.7 Å². The molecule has 0 bridgehead atoms. The van der Waals surface area contributed by atoms with Crippen LogP contribution in [0, 0.1) is 0 Å². The minimum atomic E-state index is -1.60. The summed E-state index contributed by atoms with van der Waals surface area (Å²) in [4.78, 5) is 0. The second-order valence-corrected chi connectivity index (χ2v) is 27.3. The van der Waals surface area contributed by atoms with Gasteiger partial charge in [-0.25, -0.2) is 0 Å². The van der Waals surface area contributed by atoms with Crippen LogP contribution in [0.15, 0.2) is 90.5 Å². The van der Waals surface area contributed by atoms with Crippen molar-refractivity contribution in [1.82, 2.24) is 0 Å². The first-order chi connectivity index (χ1) is 16.3. The summed E-state index contributed by atoms with van der Waals surface area (Å²) in [6.45, 7) is 13.0. The van der Waals surface area contributed by atoms with Gasteiger partial charge in [-0.3, -0.25) is 0 Å². The molecule has 2 atom stereocenters. The molecule has 0 heterocycles. The van der Waals surface area contributed by atoms with Crippen LogP contribution in [0.5, 0.6) is 0 Å². The quantitative estimate of drug-likeness (QED) is 0.296. The van der Waals surface area contributed by atoms with Gasteiger partial charge in [0.1, 0.15) is 0 Å². The predicted octanol–water partition coefficient (Wildman–Crippen LogP) is 9.71. The number of unbranched alkanes of at least 4 members (excludes halogenated alkanes) is 1. The lowest BCUT2D eigenvalue weighted by atomic mass is 9.93. The van der Waals surface area contributed by atoms with Gasteiger partial charge in [-0.15, -0.1) is 0 Å². The molecule has 0 spiro atoms. The fraction of sp³-hybridized carbons (Fsp3) is 0.312. The van der Waals surface area contributed by atoms with Gasteiger partial charge in [0.05, 0.1) is 15.2 Å². The van der Waals surface area contributed by atoms with Gasteiger partial charge in [-0.1, -0.05) is 136 Å². The summed E-state index contributed by atoms with van der Waals surface area (Å²) in [6, 6.07) is 22.6. The highest BCUT2D eigenvalue weighted by Crippen LogP contribution is 2.48. The van der Waals surface area contributed by atoms with Gasteiger partial charge in [0.15, 0.2) is 0 Å². The molecule has 0 nitrogen and oxygen atoms in total. The van der Waals surface area contributed by atoms with Gasteiger partial charge in [-0.05, 0) is 57.0 Å². The maximum Gasteiger partial charge on any atom is 0.0548 e. The Hall–Kier alpha value is -2.43. The Morgan fingerprint density at radius 1 is 0.735 bits per heavy atom. The van der Waals surface area contributed by atoms with Gasteiger partial charge < -0.3 is 0 Å². The van der Waals surface area contributed by atoms with Gasteiger partial charge in [-0.2, -0.15) is 0 Å². The number of hydrogen-bond acceptors (Lipinski definition) is 0. The second kappa shape index (κ2) is 8.98. The maximum atomic E-state index is 2.68. The normalized spacial score (nSPS) is 19.6. The van der Waals surface area contributed by atoms with E-state index in [9.17, 15) is 0 Å². The standard InChI is InChI=1S/C32H38Si2/c1-6-7-12-24-19-20-26(23-24)33(2,3)34(4,5)32-22-21-30-29(17-11-18-31(30)32)28-16-10-14-25-13-8-9-15-27(25)28/h8-11,13-23,26,32H,6-7,12H2,1-5H3. The third-order valence-electron chi connectivity index (χ3n) is 9.01. The topological polar surface area (TPSA) is 0 Å². The summed E-state index contributed by atoms with van der Waals surface area (Å²) in [5.74, 6) is 0. The van der Waals surface area contributed by atoms with Crippen molar-refractivity contribution in [3.63, 3.8) is 0 Å². The zero-order valence-electron chi connectivity index (χ0n) is 21.4. The Kier molecular flexibility index (Phi) is 6.16. The Labute approximate surface area is 207 Å². The molecule has 0 aliphatic heterocycles. The van der Waals surface area contributed by atoms with Crippen LogP contribution in [-0.4, -0.2) is 15.2 Å². The van der Waals surface area contributed by atoms with E-state index >= 15 is 0 Å². The minimum absolute atomic E-state index is 0.598. The van der Waals surface area contributed by atoms with Crippen molar-refractivity contribution in [2.75, 3.05) is 0 Å². The van der Waals surface area contributed by atoms with E-state index in [4.69, 9.17) is 0 Å². The molecule has 2 unspecified atom stereocenters. The SMILES string of the molecule is CCCCC1=CC([Si](C)(C)[Si](C)(C)C2C=Cc3c(-c4cccc5ccccc45)cccc32)C=C1. The molecule has 3 aromatic rings. The summed E-state index contributed by atoms with van der Waals surface area (Å²) in [5.41, 5.74) is 8.63. The molecule has 5 rings (SSSR count). The fourth-order valence-corrected chi connectivity index (χ4v) is 16.8. The lowest BCUT2D eigenvalue weighted by Crippen LogP contribution is -2.60. The van der Waals surface area contributed by atoms with Crippen molar-refractivity contribution in [3.05, 3.63) is 102 Å². The lowest BCUT2D eigenvalue weighted by Gasteiger charge is -2.45. The summed E-state index contributed by atoms with van der Waals surface area (Å²) >= 11 is 0. The van der Waals surface area contributed by atoms with Crippen molar-refractivity contribution >= 4 is 32.0 Å². The van der Waals surface area contributed by atoms with Crippen LogP contribution >= 0.6 is 0 Å². The van der Waals surface area contributed by atoms with E-state index in [-0.39, 0.29) is 0 Å². The Bertz CT molecular complexity index is 1300. The minimum Gasteiger partial charge on any atom is -0.0803 e. The van der Waals surface area contributed by atoms with E-state index in [2.05, 4.69) is 124 Å². The summed E-state index contributed by atoms with van der Waals surface area (Å²) in [7, 11) is -3.12. The van der Waals surface area contributed by atoms with Crippen LogP contribution in [0.2, 0.25) is 31.7 Å². The summed E-state index contributed by atoms with van der Waals surface area (Å²) < 4.78 is 0. The van der Waals surface area contributed by atoms with Crippen molar-refractivity contribution in [1.29, 1.82) is 0 Å². The zero-order chi connectivity index (χ0) is 23.9. The monoisotopic (exact) mass is 478 g/mol. The average Bonchev–Trinajstić information content (AvgIpc) is 3.50. The smallest absolute Gasteiger partial charge is 0.0548 e.